The van der Waals surface area contributed by atoms with Crippen molar-refractivity contribution in [3.63, 3.8) is 0 Å². The van der Waals surface area contributed by atoms with E-state index in [1.54, 1.807) is 24.3 Å². The third-order valence-electron chi connectivity index (χ3n) is 2.50. The lowest BCUT2D eigenvalue weighted by Crippen LogP contribution is -1.98. The molecule has 6 nitrogen and oxygen atoms in total. The van der Waals surface area contributed by atoms with Crippen molar-refractivity contribution in [3.05, 3.63) is 35.4 Å². The Morgan fingerprint density at radius 3 is 2.38 bits per heavy atom. The molecule has 1 aromatic carbocycles. The molecule has 0 unspecified atom stereocenters. The molecular weight excluding hydrogens is 292 g/mol. The van der Waals surface area contributed by atoms with Crippen LogP contribution in [-0.2, 0) is 4.79 Å². The van der Waals surface area contributed by atoms with Crippen LogP contribution in [0, 0.1) is 11.3 Å². The second-order valence-corrected chi connectivity index (χ2v) is 4.34. The fourth-order valence-electron chi connectivity index (χ4n) is 1.48. The number of methoxy groups -OCH3 is 2. The minimum Gasteiger partial charge on any atom is -0.502 e. The first-order chi connectivity index (χ1) is 10.1. The Bertz CT molecular complexity index is 607. The third kappa shape index (κ3) is 4.27. The number of hydrogen-bond donors (Lipinski definition) is 2. The number of carbonyl (C=O) groups is 1. The van der Waals surface area contributed by atoms with E-state index in [4.69, 9.17) is 19.9 Å². The van der Waals surface area contributed by atoms with Crippen LogP contribution < -0.4 is 14.6 Å². The second kappa shape index (κ2) is 7.99. The first-order valence-electron chi connectivity index (χ1n) is 5.71. The lowest BCUT2D eigenvalue weighted by molar-refractivity contribution is -0.107. The van der Waals surface area contributed by atoms with Crippen molar-refractivity contribution in [2.45, 2.75) is 0 Å². The Kier molecular flexibility index (Phi) is 6.33. The number of aromatic hydroxyl groups is 1. The Morgan fingerprint density at radius 1 is 1.38 bits per heavy atom. The lowest BCUT2D eigenvalue weighted by Gasteiger charge is -2.09. The van der Waals surface area contributed by atoms with Gasteiger partial charge in [-0.3, -0.25) is 9.93 Å². The largest absolute Gasteiger partial charge is 0.502 e. The lowest BCUT2D eigenvalue weighted by atomic mass is 10.1. The van der Waals surface area contributed by atoms with Gasteiger partial charge >= 0.3 is 0 Å². The molecule has 3 N–H and O–H groups in total. The molecule has 0 aliphatic rings. The smallest absolute Gasteiger partial charge is 0.244 e. The number of phenols is 1. The average Bonchev–Trinajstić information content (AvgIpc) is 2.51. The fourth-order valence-corrected chi connectivity index (χ4v) is 1.72. The van der Waals surface area contributed by atoms with Gasteiger partial charge in [-0.25, -0.2) is 0 Å². The zero-order valence-corrected chi connectivity index (χ0v) is 12.3. The average molecular weight is 306 g/mol. The van der Waals surface area contributed by atoms with Crippen LogP contribution in [0.5, 0.6) is 17.2 Å². The quantitative estimate of drug-likeness (QED) is 0.371. The first-order valence-corrected chi connectivity index (χ1v) is 6.59. The number of ether oxygens (including phenoxy) is 2. The van der Waals surface area contributed by atoms with E-state index in [0.717, 1.165) is 0 Å². The van der Waals surface area contributed by atoms with E-state index >= 15 is 0 Å². The van der Waals surface area contributed by atoms with Crippen LogP contribution in [0.15, 0.2) is 29.9 Å². The maximum absolute atomic E-state index is 11.3. The van der Waals surface area contributed by atoms with Crippen LogP contribution in [-0.4, -0.2) is 24.4 Å². The van der Waals surface area contributed by atoms with Crippen LogP contribution in [0.2, 0.25) is 0 Å². The molecule has 0 aliphatic heterocycles. The SMILES string of the molecule is COc1cc(/C=C/C=C(\C#N)C(=O)SN)cc(OC)c1O. The summed E-state index contributed by atoms with van der Waals surface area (Å²) in [6.07, 6.45) is 4.52. The molecule has 0 bridgehead atoms. The number of carbonyl (C=O) groups excluding carboxylic acids is 1. The van der Waals surface area contributed by atoms with Crippen molar-refractivity contribution in [2.75, 3.05) is 14.2 Å². The van der Waals surface area contributed by atoms with Gasteiger partial charge in [0.05, 0.1) is 14.2 Å². The summed E-state index contributed by atoms with van der Waals surface area (Å²) in [5.74, 6) is 0.416. The molecule has 1 rings (SSSR count). The summed E-state index contributed by atoms with van der Waals surface area (Å²) in [6, 6.07) is 4.95. The van der Waals surface area contributed by atoms with Gasteiger partial charge in [-0.05, 0) is 35.7 Å². The standard InChI is InChI=1S/C14H14N2O4S/c1-19-11-6-9(7-12(20-2)13(11)17)4-3-5-10(8-15)14(18)21-16/h3-7,17H,16H2,1-2H3/b4-3+,10-5+. The highest BCUT2D eigenvalue weighted by Crippen LogP contribution is 2.37. The van der Waals surface area contributed by atoms with Crippen LogP contribution in [0.3, 0.4) is 0 Å². The highest BCUT2D eigenvalue weighted by atomic mass is 32.2. The summed E-state index contributed by atoms with van der Waals surface area (Å²) < 4.78 is 10.1. The molecule has 110 valence electrons. The van der Waals surface area contributed by atoms with E-state index in [1.165, 1.54) is 26.4 Å². The monoisotopic (exact) mass is 306 g/mol. The van der Waals surface area contributed by atoms with E-state index < -0.39 is 5.12 Å². The van der Waals surface area contributed by atoms with Gasteiger partial charge in [0.25, 0.3) is 0 Å². The van der Waals surface area contributed by atoms with Crippen molar-refractivity contribution in [2.24, 2.45) is 5.14 Å². The van der Waals surface area contributed by atoms with Crippen LogP contribution in [0.1, 0.15) is 5.56 Å². The molecule has 1 aromatic rings. The maximum Gasteiger partial charge on any atom is 0.244 e. The molecule has 0 saturated heterocycles. The number of allylic oxidation sites excluding steroid dienone is 2. The molecule has 7 heteroatoms. The zero-order chi connectivity index (χ0) is 15.8. The van der Waals surface area contributed by atoms with Gasteiger partial charge in [-0.1, -0.05) is 12.2 Å². The molecule has 0 fully saturated rings. The van der Waals surface area contributed by atoms with E-state index in [1.807, 2.05) is 0 Å². The number of rotatable bonds is 5. The topological polar surface area (TPSA) is 106 Å². The Morgan fingerprint density at radius 2 is 1.95 bits per heavy atom. The molecule has 0 heterocycles. The predicted molar refractivity (Wildman–Crippen MR) is 80.7 cm³/mol. The van der Waals surface area contributed by atoms with E-state index in [0.29, 0.717) is 17.5 Å². The summed E-state index contributed by atoms with van der Waals surface area (Å²) in [5.41, 5.74) is 0.611. The fraction of sp³-hybridized carbons (Fsp3) is 0.143. The number of benzene rings is 1. The molecule has 0 saturated carbocycles. The maximum atomic E-state index is 11.3. The summed E-state index contributed by atoms with van der Waals surface area (Å²) in [7, 11) is 2.85. The van der Waals surface area contributed by atoms with Crippen molar-refractivity contribution in [1.29, 1.82) is 5.26 Å². The second-order valence-electron chi connectivity index (χ2n) is 3.73. The molecule has 0 atom stereocenters. The minimum absolute atomic E-state index is 0.0588. The summed E-state index contributed by atoms with van der Waals surface area (Å²) in [6.45, 7) is 0. The molecular formula is C14H14N2O4S. The minimum atomic E-state index is -0.511. The van der Waals surface area contributed by atoms with Gasteiger partial charge in [0.15, 0.2) is 11.5 Å². The molecule has 21 heavy (non-hydrogen) atoms. The van der Waals surface area contributed by atoms with E-state index in [9.17, 15) is 9.90 Å². The Hall–Kier alpha value is -2.43. The predicted octanol–water partition coefficient (Wildman–Crippen LogP) is 2.01. The Labute approximate surface area is 126 Å². The molecule has 0 spiro atoms. The van der Waals surface area contributed by atoms with Gasteiger partial charge in [0, 0.05) is 0 Å². The molecule has 0 aliphatic carbocycles. The van der Waals surface area contributed by atoms with Gasteiger partial charge in [-0.15, -0.1) is 0 Å². The van der Waals surface area contributed by atoms with Crippen molar-refractivity contribution in [1.82, 2.24) is 0 Å². The molecule has 0 radical (unpaired) electrons. The third-order valence-corrected chi connectivity index (χ3v) is 2.94. The number of nitriles is 1. The van der Waals surface area contributed by atoms with E-state index in [2.05, 4.69) is 0 Å². The van der Waals surface area contributed by atoms with Crippen molar-refractivity contribution < 1.29 is 19.4 Å². The number of nitrogens with two attached hydrogens (primary N) is 1. The summed E-state index contributed by atoms with van der Waals surface area (Å²) in [5, 5.41) is 23.2. The first kappa shape index (κ1) is 16.6. The van der Waals surface area contributed by atoms with E-state index in [-0.39, 0.29) is 22.8 Å². The van der Waals surface area contributed by atoms with Crippen LogP contribution >= 0.6 is 11.9 Å². The van der Waals surface area contributed by atoms with Gasteiger partial charge in [-0.2, -0.15) is 5.26 Å². The molecule has 0 aromatic heterocycles. The van der Waals surface area contributed by atoms with Gasteiger partial charge < -0.3 is 14.6 Å². The summed E-state index contributed by atoms with van der Waals surface area (Å²) in [4.78, 5) is 11.3. The summed E-state index contributed by atoms with van der Waals surface area (Å²) >= 11 is 0.481. The van der Waals surface area contributed by atoms with Gasteiger partial charge in [0.1, 0.15) is 11.6 Å². The number of hydrogen-bond acceptors (Lipinski definition) is 7. The van der Waals surface area contributed by atoms with Gasteiger partial charge in [0.2, 0.25) is 10.9 Å². The van der Waals surface area contributed by atoms with Crippen molar-refractivity contribution in [3.8, 4) is 23.3 Å². The van der Waals surface area contributed by atoms with Crippen LogP contribution in [0.4, 0.5) is 0 Å². The van der Waals surface area contributed by atoms with Crippen molar-refractivity contribution >= 4 is 23.1 Å². The number of nitrogens with zero attached hydrogens (tertiary/aromatic N) is 1. The highest BCUT2D eigenvalue weighted by molar-refractivity contribution is 8.12. The highest BCUT2D eigenvalue weighted by Gasteiger charge is 2.10. The molecule has 0 amide bonds. The normalized spacial score (nSPS) is 11.2. The van der Waals surface area contributed by atoms with Crippen LogP contribution in [0.25, 0.3) is 6.08 Å². The number of phenolic OH excluding ortho intramolecular Hbond substituents is 1. The Balaban J connectivity index is 3.08. The zero-order valence-electron chi connectivity index (χ0n) is 11.5.